The van der Waals surface area contributed by atoms with E-state index >= 15 is 0 Å². The number of alkyl halides is 2. The third-order valence-corrected chi connectivity index (χ3v) is 7.74. The molecule has 0 aromatic carbocycles. The lowest BCUT2D eigenvalue weighted by atomic mass is 9.43. The van der Waals surface area contributed by atoms with E-state index in [4.69, 9.17) is 14.2 Å². The predicted molar refractivity (Wildman–Crippen MR) is 106 cm³/mol. The molecule has 3 atom stereocenters. The molecule has 4 aliphatic rings. The van der Waals surface area contributed by atoms with Crippen molar-refractivity contribution in [2.75, 3.05) is 19.8 Å². The van der Waals surface area contributed by atoms with E-state index in [0.29, 0.717) is 31.4 Å². The summed E-state index contributed by atoms with van der Waals surface area (Å²) in [5, 5.41) is -4.36. The van der Waals surface area contributed by atoms with Gasteiger partial charge >= 0.3 is 21.4 Å². The molecule has 6 nitrogen and oxygen atoms in total. The van der Waals surface area contributed by atoms with Crippen LogP contribution < -0.4 is 0 Å². The van der Waals surface area contributed by atoms with Crippen LogP contribution in [0.4, 0.5) is 12.7 Å². The first-order valence-electron chi connectivity index (χ1n) is 10.6. The number of rotatable bonds is 11. The predicted octanol–water partition coefficient (Wildman–Crippen LogP) is 4.35. The van der Waals surface area contributed by atoms with Crippen LogP contribution in [0.15, 0.2) is 12.2 Å². The van der Waals surface area contributed by atoms with Crippen LogP contribution in [-0.4, -0.2) is 45.8 Å². The molecule has 4 saturated carbocycles. The minimum atomic E-state index is -5.94. The Kier molecular flexibility index (Phi) is 6.85. The number of esters is 1. The molecule has 4 bridgehead atoms. The lowest BCUT2D eigenvalue weighted by Gasteiger charge is -2.62. The van der Waals surface area contributed by atoms with E-state index in [0.717, 1.165) is 19.3 Å². The normalized spacial score (nSPS) is 33.3. The van der Waals surface area contributed by atoms with Crippen LogP contribution in [0.2, 0.25) is 0 Å². The van der Waals surface area contributed by atoms with Gasteiger partial charge in [0.05, 0.1) is 13.2 Å². The maximum Gasteiger partial charge on any atom is 0.374 e. The van der Waals surface area contributed by atoms with Gasteiger partial charge in [0.25, 0.3) is 0 Å². The van der Waals surface area contributed by atoms with Crippen LogP contribution in [0, 0.1) is 22.7 Å². The summed E-state index contributed by atoms with van der Waals surface area (Å²) in [7, 11) is -5.94. The first-order valence-corrected chi connectivity index (χ1v) is 12.0. The van der Waals surface area contributed by atoms with Gasteiger partial charge in [-0.2, -0.15) is 17.2 Å². The molecule has 0 heterocycles. The number of hydrogen-bond donors (Lipinski definition) is 0. The van der Waals surface area contributed by atoms with Crippen molar-refractivity contribution in [1.82, 2.24) is 0 Å². The van der Waals surface area contributed by atoms with E-state index in [-0.39, 0.29) is 30.5 Å². The van der Waals surface area contributed by atoms with Crippen molar-refractivity contribution in [1.29, 1.82) is 0 Å². The van der Waals surface area contributed by atoms with Gasteiger partial charge in [-0.05, 0) is 75.0 Å². The second-order valence-corrected chi connectivity index (χ2v) is 11.4. The topological polar surface area (TPSA) is 78.9 Å². The Morgan fingerprint density at radius 3 is 2.26 bits per heavy atom. The smallest absolute Gasteiger partial charge is 0.374 e. The summed E-state index contributed by atoms with van der Waals surface area (Å²) in [6.07, 6.45) is 2.49. The Morgan fingerprint density at radius 2 is 1.71 bits per heavy atom. The van der Waals surface area contributed by atoms with Crippen molar-refractivity contribution in [3.05, 3.63) is 12.2 Å². The van der Waals surface area contributed by atoms with Crippen molar-refractivity contribution in [2.45, 2.75) is 70.3 Å². The number of hydrogen-bond acceptors (Lipinski definition) is 6. The van der Waals surface area contributed by atoms with Gasteiger partial charge < -0.3 is 14.2 Å². The summed E-state index contributed by atoms with van der Waals surface area (Å²) < 4.78 is 79.7. The van der Waals surface area contributed by atoms with Gasteiger partial charge in [0.2, 0.25) is 0 Å². The molecule has 0 spiro atoms. The Morgan fingerprint density at radius 1 is 1.13 bits per heavy atom. The summed E-state index contributed by atoms with van der Waals surface area (Å²) in [5.41, 5.74) is -0.910. The molecule has 31 heavy (non-hydrogen) atoms. The minimum Gasteiger partial charge on any atom is -0.460 e. The van der Waals surface area contributed by atoms with Gasteiger partial charge in [-0.1, -0.05) is 10.5 Å². The van der Waals surface area contributed by atoms with Gasteiger partial charge in [0.1, 0.15) is 6.61 Å². The Labute approximate surface area is 181 Å². The highest BCUT2D eigenvalue weighted by molar-refractivity contribution is 7.87. The molecule has 4 rings (SSSR count). The first kappa shape index (κ1) is 24.5. The summed E-state index contributed by atoms with van der Waals surface area (Å²) in [5.74, 6) is -0.0513. The quantitative estimate of drug-likeness (QED) is 0.147. The molecule has 0 aromatic heterocycles. The van der Waals surface area contributed by atoms with E-state index in [1.807, 2.05) is 0 Å². The summed E-state index contributed by atoms with van der Waals surface area (Å²) >= 11 is 0. The van der Waals surface area contributed by atoms with Crippen molar-refractivity contribution in [3.8, 4) is 0 Å². The lowest BCUT2D eigenvalue weighted by molar-refractivity contribution is -0.201. The number of carbonyl (C=O) groups excluding carboxylic acids is 1. The van der Waals surface area contributed by atoms with Crippen molar-refractivity contribution in [3.63, 3.8) is 0 Å². The van der Waals surface area contributed by atoms with Gasteiger partial charge in [0, 0.05) is 12.0 Å². The second kappa shape index (κ2) is 8.67. The highest BCUT2D eigenvalue weighted by Crippen LogP contribution is 2.67. The van der Waals surface area contributed by atoms with E-state index in [1.54, 1.807) is 13.8 Å². The molecule has 178 valence electrons. The van der Waals surface area contributed by atoms with Crippen molar-refractivity contribution >= 4 is 16.2 Å². The summed E-state index contributed by atoms with van der Waals surface area (Å²) in [6.45, 7) is 7.25. The van der Waals surface area contributed by atoms with Crippen molar-refractivity contribution in [2.24, 2.45) is 22.7 Å². The fourth-order valence-corrected chi connectivity index (χ4v) is 6.84. The fraction of sp³-hybridized carbons (Fsp3) is 0.857. The number of carbonyl (C=O) groups is 1. The average Bonchev–Trinajstić information content (AvgIpc) is 2.60. The molecule has 10 heteroatoms. The van der Waals surface area contributed by atoms with Gasteiger partial charge in [-0.3, -0.25) is 0 Å². The van der Waals surface area contributed by atoms with Gasteiger partial charge in [-0.15, -0.1) is 0 Å². The molecule has 4 aliphatic carbocycles. The largest absolute Gasteiger partial charge is 0.460 e. The van der Waals surface area contributed by atoms with E-state index in [9.17, 15) is 25.9 Å². The molecule has 4 fully saturated rings. The van der Waals surface area contributed by atoms with Crippen LogP contribution in [0.1, 0.15) is 58.8 Å². The molecular formula is C21H31F3O6S. The van der Waals surface area contributed by atoms with Crippen LogP contribution >= 0.6 is 0 Å². The Bertz CT molecular complexity index is 798. The molecule has 0 saturated heterocycles. The van der Waals surface area contributed by atoms with Crippen LogP contribution in [0.5, 0.6) is 0 Å². The first-order chi connectivity index (χ1) is 14.2. The van der Waals surface area contributed by atoms with Crippen LogP contribution in [-0.2, 0) is 29.2 Å². The highest BCUT2D eigenvalue weighted by Gasteiger charge is 2.62. The zero-order valence-corrected chi connectivity index (χ0v) is 18.8. The van der Waals surface area contributed by atoms with E-state index < -0.39 is 39.6 Å². The lowest BCUT2D eigenvalue weighted by Crippen LogP contribution is -2.55. The highest BCUT2D eigenvalue weighted by atomic mass is 32.3. The van der Waals surface area contributed by atoms with Crippen molar-refractivity contribution < 1.29 is 40.1 Å². The molecule has 0 amide bonds. The monoisotopic (exact) mass is 468 g/mol. The molecule has 0 aromatic rings. The van der Waals surface area contributed by atoms with Gasteiger partial charge in [0.15, 0.2) is 6.29 Å². The van der Waals surface area contributed by atoms with Gasteiger partial charge in [-0.25, -0.2) is 4.79 Å². The van der Waals surface area contributed by atoms with Crippen LogP contribution in [0.25, 0.3) is 0 Å². The molecule has 3 unspecified atom stereocenters. The number of ether oxygens (including phenoxy) is 3. The molecule has 0 radical (unpaired) electrons. The standard InChI is InChI=1S/C21H31F3O6S/c1-14(2)18(25)29-5-4-28-15(3)30-13-20-9-16-6-17(10-20)8-19(7-16,11-20)12-21(22,23)31(24,26)27/h15-17H,1,4-13H2,2-3H3. The fourth-order valence-electron chi connectivity index (χ4n) is 6.36. The van der Waals surface area contributed by atoms with E-state index in [1.165, 1.54) is 0 Å². The summed E-state index contributed by atoms with van der Waals surface area (Å²) in [4.78, 5) is 11.3. The molecule has 0 N–H and O–H groups in total. The Hall–Kier alpha value is -1.13. The zero-order valence-electron chi connectivity index (χ0n) is 18.0. The average molecular weight is 469 g/mol. The Balaban J connectivity index is 1.56. The SMILES string of the molecule is C=C(C)C(=O)OCCOC(C)OCC12CC3CC(C1)CC(CC(F)(F)S(=O)(=O)F)(C3)C2. The maximum absolute atomic E-state index is 14.1. The van der Waals surface area contributed by atoms with Crippen LogP contribution in [0.3, 0.4) is 0 Å². The number of halogens is 3. The summed E-state index contributed by atoms with van der Waals surface area (Å²) in [6, 6.07) is 0. The second-order valence-electron chi connectivity index (χ2n) is 9.88. The zero-order chi connectivity index (χ0) is 23.1. The molecule has 0 aliphatic heterocycles. The third-order valence-electron chi connectivity index (χ3n) is 6.88. The third kappa shape index (κ3) is 5.63. The maximum atomic E-state index is 14.1. The van der Waals surface area contributed by atoms with E-state index in [2.05, 4.69) is 6.58 Å². The minimum absolute atomic E-state index is 0.0601. The molecular weight excluding hydrogens is 437 g/mol.